The zero-order chi connectivity index (χ0) is 22.9. The summed E-state index contributed by atoms with van der Waals surface area (Å²) >= 11 is 0. The molecule has 1 atom stereocenters. The number of imide groups is 1. The van der Waals surface area contributed by atoms with Crippen molar-refractivity contribution in [1.29, 1.82) is 0 Å². The molecule has 0 saturated carbocycles. The molecule has 1 aromatic rings. The van der Waals surface area contributed by atoms with Crippen molar-refractivity contribution >= 4 is 23.8 Å². The number of hydrogen-bond donors (Lipinski definition) is 1. The summed E-state index contributed by atoms with van der Waals surface area (Å²) in [5.41, 5.74) is 1.16. The van der Waals surface area contributed by atoms with Gasteiger partial charge in [-0.15, -0.1) is 0 Å². The lowest BCUT2D eigenvalue weighted by molar-refractivity contribution is -0.141. The molecule has 172 valence electrons. The van der Waals surface area contributed by atoms with E-state index in [2.05, 4.69) is 5.32 Å². The van der Waals surface area contributed by atoms with Gasteiger partial charge in [0.2, 0.25) is 11.8 Å². The molecule has 0 aromatic heterocycles. The Morgan fingerprint density at radius 2 is 1.84 bits per heavy atom. The van der Waals surface area contributed by atoms with Crippen molar-refractivity contribution in [2.75, 3.05) is 26.2 Å². The first-order chi connectivity index (χ1) is 15.3. The molecule has 4 rings (SSSR count). The van der Waals surface area contributed by atoms with Crippen LogP contribution in [0.2, 0.25) is 0 Å². The molecule has 32 heavy (non-hydrogen) atoms. The van der Waals surface area contributed by atoms with Gasteiger partial charge in [0, 0.05) is 32.6 Å². The van der Waals surface area contributed by atoms with Crippen LogP contribution in [0.25, 0.3) is 0 Å². The summed E-state index contributed by atoms with van der Waals surface area (Å²) in [6.45, 7) is 5.79. The molecule has 1 aromatic carbocycles. The fourth-order valence-electron chi connectivity index (χ4n) is 5.17. The van der Waals surface area contributed by atoms with Gasteiger partial charge in [-0.1, -0.05) is 36.8 Å². The molecule has 1 unspecified atom stereocenters. The van der Waals surface area contributed by atoms with Gasteiger partial charge in [-0.05, 0) is 38.2 Å². The van der Waals surface area contributed by atoms with E-state index in [1.165, 1.54) is 4.90 Å². The number of rotatable bonds is 4. The number of urea groups is 1. The quantitative estimate of drug-likeness (QED) is 0.724. The molecule has 3 aliphatic rings. The van der Waals surface area contributed by atoms with E-state index in [0.717, 1.165) is 17.5 Å². The fourth-order valence-corrected chi connectivity index (χ4v) is 5.17. The van der Waals surface area contributed by atoms with Gasteiger partial charge in [0.15, 0.2) is 0 Å². The van der Waals surface area contributed by atoms with E-state index in [-0.39, 0.29) is 29.8 Å². The van der Waals surface area contributed by atoms with Gasteiger partial charge in [0.05, 0.1) is 12.5 Å². The molecule has 0 bridgehead atoms. The third-order valence-electron chi connectivity index (χ3n) is 7.02. The Morgan fingerprint density at radius 3 is 2.53 bits per heavy atom. The van der Waals surface area contributed by atoms with E-state index >= 15 is 0 Å². The van der Waals surface area contributed by atoms with Crippen LogP contribution in [-0.4, -0.2) is 76.2 Å². The Morgan fingerprint density at radius 1 is 1.09 bits per heavy atom. The maximum Gasteiger partial charge on any atom is 0.325 e. The van der Waals surface area contributed by atoms with Crippen molar-refractivity contribution in [2.45, 2.75) is 64.0 Å². The second kappa shape index (κ2) is 8.92. The fraction of sp³-hybridized carbons (Fsp3) is 0.583. The Hall–Kier alpha value is -2.90. The lowest BCUT2D eigenvalue weighted by atomic mass is 9.87. The number of aryl methyl sites for hydroxylation is 1. The predicted molar refractivity (Wildman–Crippen MR) is 119 cm³/mol. The van der Waals surface area contributed by atoms with Gasteiger partial charge in [-0.2, -0.15) is 0 Å². The number of benzene rings is 1. The molecule has 1 N–H and O–H groups in total. The first kappa shape index (κ1) is 22.3. The summed E-state index contributed by atoms with van der Waals surface area (Å²) in [5.74, 6) is -0.110. The maximum atomic E-state index is 13.4. The molecule has 1 spiro atoms. The Labute approximate surface area is 188 Å². The van der Waals surface area contributed by atoms with E-state index in [0.29, 0.717) is 58.3 Å². The van der Waals surface area contributed by atoms with Crippen LogP contribution >= 0.6 is 0 Å². The van der Waals surface area contributed by atoms with Crippen LogP contribution in [0.1, 0.15) is 50.2 Å². The number of amides is 5. The Balaban J connectivity index is 1.41. The first-order valence-electron chi connectivity index (χ1n) is 11.6. The number of nitrogens with zero attached hydrogens (tertiary/aromatic N) is 3. The summed E-state index contributed by atoms with van der Waals surface area (Å²) in [6, 6.07) is 7.22. The van der Waals surface area contributed by atoms with Crippen molar-refractivity contribution in [1.82, 2.24) is 20.0 Å². The SMILES string of the molecule is CCC(=O)N1CCC2(CC1)NC(=O)N(C1CCCN(C(=O)Cc3cccc(C)c3)C1)C2=O. The van der Waals surface area contributed by atoms with Crippen LogP contribution in [0.15, 0.2) is 24.3 Å². The Kier molecular flexibility index (Phi) is 6.22. The highest BCUT2D eigenvalue weighted by Gasteiger charge is 2.54. The average molecular weight is 441 g/mol. The second-order valence-electron chi connectivity index (χ2n) is 9.22. The van der Waals surface area contributed by atoms with Gasteiger partial charge in [-0.3, -0.25) is 19.3 Å². The van der Waals surface area contributed by atoms with Crippen LogP contribution < -0.4 is 5.32 Å². The van der Waals surface area contributed by atoms with Gasteiger partial charge in [0.25, 0.3) is 5.91 Å². The van der Waals surface area contributed by atoms with Crippen LogP contribution in [0, 0.1) is 6.92 Å². The van der Waals surface area contributed by atoms with Gasteiger partial charge < -0.3 is 15.1 Å². The molecule has 5 amide bonds. The van der Waals surface area contributed by atoms with Gasteiger partial charge >= 0.3 is 6.03 Å². The average Bonchev–Trinajstić information content (AvgIpc) is 3.02. The number of likely N-dealkylation sites (tertiary alicyclic amines) is 2. The topological polar surface area (TPSA) is 90.0 Å². The van der Waals surface area contributed by atoms with Crippen LogP contribution in [0.4, 0.5) is 4.79 Å². The molecular weight excluding hydrogens is 408 g/mol. The minimum absolute atomic E-state index is 0.0217. The van der Waals surface area contributed by atoms with Crippen molar-refractivity contribution in [2.24, 2.45) is 0 Å². The number of nitrogens with one attached hydrogen (secondary N) is 1. The monoisotopic (exact) mass is 440 g/mol. The first-order valence-corrected chi connectivity index (χ1v) is 11.6. The largest absolute Gasteiger partial charge is 0.343 e. The summed E-state index contributed by atoms with van der Waals surface area (Å²) in [6.07, 6.45) is 3.08. The smallest absolute Gasteiger partial charge is 0.325 e. The standard InChI is InChI=1S/C24H32N4O4/c1-3-20(29)26-12-9-24(10-13-26)22(31)28(23(32)25-24)19-8-5-11-27(16-19)21(30)15-18-7-4-6-17(2)14-18/h4,6-7,14,19H,3,5,8-13,15-16H2,1-2H3,(H,25,32). The number of hydrogen-bond acceptors (Lipinski definition) is 4. The van der Waals surface area contributed by atoms with E-state index < -0.39 is 5.54 Å². The van der Waals surface area contributed by atoms with E-state index in [1.54, 1.807) is 9.80 Å². The molecule has 3 heterocycles. The molecule has 8 nitrogen and oxygen atoms in total. The summed E-state index contributed by atoms with van der Waals surface area (Å²) in [4.78, 5) is 56.0. The molecule has 3 aliphatic heterocycles. The minimum Gasteiger partial charge on any atom is -0.343 e. The molecule has 0 radical (unpaired) electrons. The van der Waals surface area contributed by atoms with Crippen molar-refractivity contribution < 1.29 is 19.2 Å². The molecule has 0 aliphatic carbocycles. The second-order valence-corrected chi connectivity index (χ2v) is 9.22. The van der Waals surface area contributed by atoms with E-state index in [1.807, 2.05) is 38.1 Å². The van der Waals surface area contributed by atoms with Gasteiger partial charge in [-0.25, -0.2) is 4.79 Å². The summed E-state index contributed by atoms with van der Waals surface area (Å²) in [7, 11) is 0. The lowest BCUT2D eigenvalue weighted by Gasteiger charge is -2.39. The van der Waals surface area contributed by atoms with E-state index in [4.69, 9.17) is 0 Å². The highest BCUT2D eigenvalue weighted by molar-refractivity contribution is 6.07. The number of carbonyl (C=O) groups excluding carboxylic acids is 4. The molecular formula is C24H32N4O4. The zero-order valence-electron chi connectivity index (χ0n) is 18.9. The lowest BCUT2D eigenvalue weighted by Crippen LogP contribution is -2.57. The predicted octanol–water partition coefficient (Wildman–Crippen LogP) is 1.85. The number of carbonyl (C=O) groups is 4. The van der Waals surface area contributed by atoms with Crippen LogP contribution in [0.3, 0.4) is 0 Å². The normalized spacial score (nSPS) is 22.9. The molecule has 3 saturated heterocycles. The minimum atomic E-state index is -0.921. The van der Waals surface area contributed by atoms with Crippen molar-refractivity contribution in [3.05, 3.63) is 35.4 Å². The third kappa shape index (κ3) is 4.23. The zero-order valence-corrected chi connectivity index (χ0v) is 18.9. The molecule has 8 heteroatoms. The van der Waals surface area contributed by atoms with Crippen molar-refractivity contribution in [3.63, 3.8) is 0 Å². The maximum absolute atomic E-state index is 13.4. The summed E-state index contributed by atoms with van der Waals surface area (Å²) < 4.78 is 0. The highest BCUT2D eigenvalue weighted by atomic mass is 16.2. The van der Waals surface area contributed by atoms with Crippen LogP contribution in [-0.2, 0) is 20.8 Å². The van der Waals surface area contributed by atoms with Crippen LogP contribution in [0.5, 0.6) is 0 Å². The highest BCUT2D eigenvalue weighted by Crippen LogP contribution is 2.32. The number of piperidine rings is 2. The third-order valence-corrected chi connectivity index (χ3v) is 7.02. The molecule has 3 fully saturated rings. The Bertz CT molecular complexity index is 922. The summed E-state index contributed by atoms with van der Waals surface area (Å²) in [5, 5.41) is 2.93. The van der Waals surface area contributed by atoms with Gasteiger partial charge in [0.1, 0.15) is 5.54 Å². The van der Waals surface area contributed by atoms with E-state index in [9.17, 15) is 19.2 Å². The van der Waals surface area contributed by atoms with Crippen molar-refractivity contribution in [3.8, 4) is 0 Å².